The van der Waals surface area contributed by atoms with Crippen molar-refractivity contribution in [2.45, 2.75) is 71.1 Å². The van der Waals surface area contributed by atoms with Gasteiger partial charge in [0.2, 0.25) is 5.95 Å². The summed E-state index contributed by atoms with van der Waals surface area (Å²) in [5.41, 5.74) is 5.72. The number of esters is 1. The minimum atomic E-state index is -4.41. The molecule has 1 unspecified atom stereocenters. The van der Waals surface area contributed by atoms with Crippen LogP contribution in [0.15, 0.2) is 72.8 Å². The zero-order valence-electron chi connectivity index (χ0n) is 30.6. The lowest BCUT2D eigenvalue weighted by molar-refractivity contribution is -0.148. The fourth-order valence-corrected chi connectivity index (χ4v) is 8.23. The van der Waals surface area contributed by atoms with Crippen LogP contribution in [0.25, 0.3) is 21.9 Å². The zero-order chi connectivity index (χ0) is 38.8. The van der Waals surface area contributed by atoms with Gasteiger partial charge in [0.25, 0.3) is 0 Å². The number of anilines is 2. The van der Waals surface area contributed by atoms with E-state index in [1.807, 2.05) is 98.0 Å². The van der Waals surface area contributed by atoms with Gasteiger partial charge in [-0.2, -0.15) is 15.1 Å². The van der Waals surface area contributed by atoms with E-state index >= 15 is 0 Å². The molecule has 0 aliphatic carbocycles. The molecule has 6 rings (SSSR count). The summed E-state index contributed by atoms with van der Waals surface area (Å²) in [4.78, 5) is 26.4. The van der Waals surface area contributed by atoms with E-state index < -0.39 is 50.4 Å². The number of carbonyl (C=O) groups excluding carboxylic acids is 1. The Morgan fingerprint density at radius 3 is 2.54 bits per heavy atom. The molecule has 6 atom stereocenters. The van der Waals surface area contributed by atoms with Gasteiger partial charge in [-0.1, -0.05) is 87.5 Å². The molecule has 0 saturated carbocycles. The molecule has 288 valence electrons. The van der Waals surface area contributed by atoms with Gasteiger partial charge in [0.15, 0.2) is 27.0 Å². The highest BCUT2D eigenvalue weighted by molar-refractivity contribution is 14.1. The van der Waals surface area contributed by atoms with Crippen LogP contribution >= 0.6 is 30.3 Å². The molecule has 3 aromatic carbocycles. The van der Waals surface area contributed by atoms with Crippen LogP contribution in [0.3, 0.4) is 0 Å². The van der Waals surface area contributed by atoms with Gasteiger partial charge in [-0.15, -0.1) is 0 Å². The second kappa shape index (κ2) is 16.1. The Morgan fingerprint density at radius 2 is 1.80 bits per heavy atom. The first kappa shape index (κ1) is 39.8. The highest BCUT2D eigenvalue weighted by Crippen LogP contribution is 2.49. The number of rotatable bonds is 14. The molecule has 15 nitrogen and oxygen atoms in total. The quantitative estimate of drug-likeness (QED) is 0.0399. The number of carbonyl (C=O) groups is 1. The van der Waals surface area contributed by atoms with E-state index in [1.165, 1.54) is 18.4 Å². The van der Waals surface area contributed by atoms with Crippen molar-refractivity contribution < 1.29 is 38.1 Å². The van der Waals surface area contributed by atoms with Crippen LogP contribution in [-0.4, -0.2) is 79.3 Å². The highest BCUT2D eigenvalue weighted by Gasteiger charge is 2.55. The number of nitrogens with one attached hydrogen (secondary N) is 2. The van der Waals surface area contributed by atoms with E-state index in [-0.39, 0.29) is 29.4 Å². The molecule has 0 amide bonds. The fraction of sp³-hybridized carbons (Fsp3) is 0.405. The molecule has 0 radical (unpaired) electrons. The Bertz CT molecular complexity index is 2160. The molecule has 3 heterocycles. The van der Waals surface area contributed by atoms with Crippen molar-refractivity contribution in [3.05, 3.63) is 82.2 Å². The number of hydrogen-bond donors (Lipinski definition) is 5. The smallest absolute Gasteiger partial charge is 0.459 e. The number of ether oxygens (including phenoxy) is 2. The molecule has 0 bridgehead atoms. The van der Waals surface area contributed by atoms with E-state index in [4.69, 9.17) is 24.3 Å². The average molecular weight is 874 g/mol. The van der Waals surface area contributed by atoms with Crippen molar-refractivity contribution in [3.8, 4) is 5.75 Å². The van der Waals surface area contributed by atoms with Crippen molar-refractivity contribution in [2.75, 3.05) is 30.8 Å². The number of fused-ring (bicyclic) bond motifs is 2. The van der Waals surface area contributed by atoms with Crippen molar-refractivity contribution >= 4 is 70.0 Å². The van der Waals surface area contributed by atoms with Gasteiger partial charge in [0, 0.05) is 34.5 Å². The number of nitrogens with zero attached hydrogens (tertiary/aromatic N) is 4. The molecule has 2 aromatic heterocycles. The number of halogens is 1. The lowest BCUT2D eigenvalue weighted by Gasteiger charge is -2.28. The number of nitrogens with two attached hydrogens (primary N) is 1. The third kappa shape index (κ3) is 8.96. The van der Waals surface area contributed by atoms with Gasteiger partial charge in [0.1, 0.15) is 29.6 Å². The number of nitrogen functional groups attached to an aromatic ring is 1. The van der Waals surface area contributed by atoms with Crippen LogP contribution < -0.4 is 20.7 Å². The van der Waals surface area contributed by atoms with E-state index in [0.29, 0.717) is 27.1 Å². The van der Waals surface area contributed by atoms with E-state index in [1.54, 1.807) is 18.2 Å². The highest BCUT2D eigenvalue weighted by atomic mass is 127. The number of benzene rings is 3. The summed E-state index contributed by atoms with van der Waals surface area (Å²) >= 11 is 1.99. The molecule has 0 spiro atoms. The van der Waals surface area contributed by atoms with Crippen LogP contribution in [0.5, 0.6) is 5.75 Å². The fourth-order valence-electron chi connectivity index (χ4n) is 5.99. The molecule has 1 fully saturated rings. The Kier molecular flexibility index (Phi) is 11.8. The lowest BCUT2D eigenvalue weighted by atomic mass is 9.96. The minimum absolute atomic E-state index is 0.0342. The molecule has 5 aromatic rings. The summed E-state index contributed by atoms with van der Waals surface area (Å²) in [6.45, 7) is 8.81. The molecule has 17 heteroatoms. The van der Waals surface area contributed by atoms with Gasteiger partial charge in [-0.3, -0.25) is 13.9 Å². The summed E-state index contributed by atoms with van der Waals surface area (Å²) in [5.74, 6) is -0.0574. The maximum atomic E-state index is 14.5. The topological polar surface area (TPSA) is 205 Å². The summed E-state index contributed by atoms with van der Waals surface area (Å²) in [7, 11) is -4.41. The lowest BCUT2D eigenvalue weighted by Crippen LogP contribution is -2.45. The van der Waals surface area contributed by atoms with Crippen LogP contribution in [0.1, 0.15) is 46.4 Å². The molecule has 6 N–H and O–H groups in total. The molecule has 1 aliphatic heterocycles. The maximum absolute atomic E-state index is 14.5. The first-order valence-electron chi connectivity index (χ1n) is 17.5. The summed E-state index contributed by atoms with van der Waals surface area (Å²) in [6.07, 6.45) is -3.28. The SMILES string of the molecule is C[C@H](NP(=O)(OC[C@H]1O[C@@H](n2c(I)nc3c(NCCc4ccccc4)nc(N)nc32)[C@](C)(O)[C@@H]1O)Oc1cccc2ccccc12)C(=O)OCC(C)(C)C. The monoisotopic (exact) mass is 873 g/mol. The summed E-state index contributed by atoms with van der Waals surface area (Å²) in [6, 6.07) is 21.5. The first-order chi connectivity index (χ1) is 25.5. The second-order valence-corrected chi connectivity index (χ2v) is 17.3. The number of aromatic nitrogens is 4. The van der Waals surface area contributed by atoms with E-state index in [2.05, 4.69) is 25.4 Å². The number of hydrogen-bond acceptors (Lipinski definition) is 13. The van der Waals surface area contributed by atoms with Crippen LogP contribution in [0, 0.1) is 9.25 Å². The first-order valence-corrected chi connectivity index (χ1v) is 20.1. The van der Waals surface area contributed by atoms with Gasteiger partial charge >= 0.3 is 13.7 Å². The van der Waals surface area contributed by atoms with Gasteiger partial charge in [-0.25, -0.2) is 9.55 Å². The molecular formula is C37H45IN7O8P. The average Bonchev–Trinajstić information content (AvgIpc) is 3.56. The van der Waals surface area contributed by atoms with E-state index in [9.17, 15) is 19.6 Å². The maximum Gasteiger partial charge on any atom is 0.459 e. The summed E-state index contributed by atoms with van der Waals surface area (Å²) < 4.78 is 40.1. The Balaban J connectivity index is 1.24. The third-order valence-corrected chi connectivity index (χ3v) is 11.2. The Labute approximate surface area is 326 Å². The Morgan fingerprint density at radius 1 is 1.09 bits per heavy atom. The largest absolute Gasteiger partial charge is 0.464 e. The molecular weight excluding hydrogens is 828 g/mol. The molecule has 1 aliphatic rings. The minimum Gasteiger partial charge on any atom is -0.464 e. The third-order valence-electron chi connectivity index (χ3n) is 8.78. The van der Waals surface area contributed by atoms with Gasteiger partial charge < -0.3 is 35.3 Å². The number of imidazole rings is 1. The zero-order valence-corrected chi connectivity index (χ0v) is 33.7. The summed E-state index contributed by atoms with van der Waals surface area (Å²) in [5, 5.41) is 30.6. The predicted octanol–water partition coefficient (Wildman–Crippen LogP) is 5.60. The van der Waals surface area contributed by atoms with Crippen LogP contribution in [-0.2, 0) is 29.8 Å². The van der Waals surface area contributed by atoms with Gasteiger partial charge in [-0.05, 0) is 42.7 Å². The van der Waals surface area contributed by atoms with Crippen molar-refractivity contribution in [3.63, 3.8) is 0 Å². The van der Waals surface area contributed by atoms with Crippen molar-refractivity contribution in [2.24, 2.45) is 5.41 Å². The predicted molar refractivity (Wildman–Crippen MR) is 213 cm³/mol. The molecule has 54 heavy (non-hydrogen) atoms. The van der Waals surface area contributed by atoms with E-state index in [0.717, 1.165) is 17.4 Å². The normalized spacial score (nSPS) is 21.9. The van der Waals surface area contributed by atoms with Crippen molar-refractivity contribution in [1.29, 1.82) is 0 Å². The Hall–Kier alpha value is -3.90. The van der Waals surface area contributed by atoms with Crippen LogP contribution in [0.4, 0.5) is 11.8 Å². The number of aliphatic hydroxyl groups is 2. The second-order valence-electron chi connectivity index (χ2n) is 14.6. The van der Waals surface area contributed by atoms with Gasteiger partial charge in [0.05, 0.1) is 13.2 Å². The van der Waals surface area contributed by atoms with Crippen molar-refractivity contribution in [1.82, 2.24) is 24.6 Å². The van der Waals surface area contributed by atoms with Crippen LogP contribution in [0.2, 0.25) is 0 Å². The number of aliphatic hydroxyl groups excluding tert-OH is 1. The standard InChI is InChI=1S/C37H45IN7O8P/c1-22(32(47)50-21-36(2,3)4)44-54(49,53-26-17-11-15-24-14-9-10-16-25(24)26)51-20-27-29(46)37(5,48)33(52-27)45-31-28(41-34(45)38)30(42-35(39)43-31)40-19-18-23-12-7-6-8-13-23/h6-17,22,27,29,33,46,48H,18-21H2,1-5H3,(H,44,49)(H3,39,40,42,43)/t22-,27+,29+,33+,37+,54?/m0/s1. The molecule has 1 saturated heterocycles.